The Morgan fingerprint density at radius 3 is 2.57 bits per heavy atom. The van der Waals surface area contributed by atoms with Crippen molar-refractivity contribution in [2.24, 2.45) is 0 Å². The molecule has 2 aromatic heterocycles. The van der Waals surface area contributed by atoms with Crippen LogP contribution in [0.1, 0.15) is 71.0 Å². The Hall–Kier alpha value is -3.33. The van der Waals surface area contributed by atoms with Gasteiger partial charge in [0.05, 0.1) is 5.56 Å². The predicted octanol–water partition coefficient (Wildman–Crippen LogP) is 4.91. The molecule has 1 N–H and O–H groups in total. The molecule has 6 nitrogen and oxygen atoms in total. The first-order valence-electron chi connectivity index (χ1n) is 10.2. The number of nitriles is 1. The molecular weight excluding hydrogens is 380 g/mol. The van der Waals surface area contributed by atoms with E-state index in [-0.39, 0.29) is 29.0 Å². The lowest BCUT2D eigenvalue weighted by atomic mass is 9.98. The van der Waals surface area contributed by atoms with Crippen LogP contribution in [0.3, 0.4) is 0 Å². The molecule has 0 amide bonds. The van der Waals surface area contributed by atoms with Crippen LogP contribution >= 0.6 is 0 Å². The highest BCUT2D eigenvalue weighted by Gasteiger charge is 2.28. The highest BCUT2D eigenvalue weighted by atomic mass is 16.3. The first kappa shape index (κ1) is 21.4. The van der Waals surface area contributed by atoms with Crippen molar-refractivity contribution in [3.63, 3.8) is 0 Å². The summed E-state index contributed by atoms with van der Waals surface area (Å²) in [6, 6.07) is 7.58. The number of furan rings is 1. The minimum absolute atomic E-state index is 0.0551. The summed E-state index contributed by atoms with van der Waals surface area (Å²) in [6.45, 7) is 7.56. The molecule has 156 valence electrons. The fourth-order valence-electron chi connectivity index (χ4n) is 3.79. The van der Waals surface area contributed by atoms with Gasteiger partial charge in [0, 0.05) is 17.5 Å². The number of aromatic nitrogens is 1. The molecule has 0 bridgehead atoms. The summed E-state index contributed by atoms with van der Waals surface area (Å²) in [5.41, 5.74) is 1.66. The molecule has 30 heavy (non-hydrogen) atoms. The minimum atomic E-state index is -0.572. The van der Waals surface area contributed by atoms with Gasteiger partial charge in [0.15, 0.2) is 5.76 Å². The molecule has 0 atom stereocenters. The van der Waals surface area contributed by atoms with Gasteiger partial charge in [-0.25, -0.2) is 0 Å². The van der Waals surface area contributed by atoms with E-state index in [4.69, 9.17) is 4.42 Å². The first-order valence-corrected chi connectivity index (χ1v) is 10.2. The molecule has 1 aromatic carbocycles. The van der Waals surface area contributed by atoms with Crippen LogP contribution in [0.25, 0.3) is 11.0 Å². The predicted molar refractivity (Wildman–Crippen MR) is 115 cm³/mol. The number of benzene rings is 1. The van der Waals surface area contributed by atoms with Gasteiger partial charge in [0.2, 0.25) is 11.7 Å². The summed E-state index contributed by atoms with van der Waals surface area (Å²) in [5, 5.41) is 21.2. The van der Waals surface area contributed by atoms with Gasteiger partial charge in [-0.2, -0.15) is 5.26 Å². The molecule has 0 aliphatic heterocycles. The lowest BCUT2D eigenvalue weighted by Gasteiger charge is -2.15. The molecule has 0 aliphatic carbocycles. The Balaban J connectivity index is 2.15. The summed E-state index contributed by atoms with van der Waals surface area (Å²) in [7, 11) is 0. The van der Waals surface area contributed by atoms with E-state index in [2.05, 4.69) is 6.92 Å². The Kier molecular flexibility index (Phi) is 6.12. The summed E-state index contributed by atoms with van der Waals surface area (Å²) in [4.78, 5) is 26.1. The van der Waals surface area contributed by atoms with Crippen LogP contribution in [-0.2, 0) is 6.54 Å². The highest BCUT2D eigenvalue weighted by molar-refractivity contribution is 6.12. The van der Waals surface area contributed by atoms with E-state index in [9.17, 15) is 20.0 Å². The maximum Gasteiger partial charge on any atom is 0.271 e. The van der Waals surface area contributed by atoms with E-state index in [0.29, 0.717) is 17.6 Å². The van der Waals surface area contributed by atoms with Crippen molar-refractivity contribution in [1.29, 1.82) is 5.26 Å². The number of nitrogens with zero attached hydrogens (tertiary/aromatic N) is 2. The molecule has 3 aromatic rings. The molecule has 0 aliphatic rings. The normalized spacial score (nSPS) is 11.0. The average Bonchev–Trinajstić information content (AvgIpc) is 3.03. The second-order valence-corrected chi connectivity index (χ2v) is 7.71. The molecule has 6 heteroatoms. The summed E-state index contributed by atoms with van der Waals surface area (Å²) in [5.74, 6) is -0.835. The number of pyridine rings is 1. The van der Waals surface area contributed by atoms with Crippen molar-refractivity contribution >= 4 is 16.8 Å². The Morgan fingerprint density at radius 2 is 1.90 bits per heavy atom. The first-order chi connectivity index (χ1) is 14.3. The highest BCUT2D eigenvalue weighted by Crippen LogP contribution is 2.31. The van der Waals surface area contributed by atoms with Gasteiger partial charge >= 0.3 is 0 Å². The van der Waals surface area contributed by atoms with Crippen molar-refractivity contribution in [2.45, 2.75) is 59.9 Å². The average molecular weight is 406 g/mol. The van der Waals surface area contributed by atoms with Gasteiger partial charge in [0.1, 0.15) is 17.2 Å². The van der Waals surface area contributed by atoms with Crippen LogP contribution in [0.15, 0.2) is 27.4 Å². The van der Waals surface area contributed by atoms with E-state index in [1.165, 1.54) is 6.92 Å². The Labute approximate surface area is 175 Å². The third kappa shape index (κ3) is 3.63. The monoisotopic (exact) mass is 406 g/mol. The van der Waals surface area contributed by atoms with Crippen LogP contribution in [-0.4, -0.2) is 15.5 Å². The minimum Gasteiger partial charge on any atom is -0.494 e. The standard InChI is InChI=1S/C24H26N2O4/c1-5-6-7-8-11-26-23(28)18(13-25)15(3)20(24(26)29)21(27)22-16(4)17-10-9-14(2)12-19(17)30-22/h9-10,12,29H,5-8,11H2,1-4H3. The topological polar surface area (TPSA) is 96.2 Å². The van der Waals surface area contributed by atoms with Crippen LogP contribution in [0.2, 0.25) is 0 Å². The van der Waals surface area contributed by atoms with Crippen molar-refractivity contribution in [2.75, 3.05) is 0 Å². The van der Waals surface area contributed by atoms with Gasteiger partial charge in [0.25, 0.3) is 5.56 Å². The van der Waals surface area contributed by atoms with E-state index in [0.717, 1.165) is 34.8 Å². The second kappa shape index (κ2) is 8.58. The van der Waals surface area contributed by atoms with Gasteiger partial charge in [-0.05, 0) is 44.4 Å². The summed E-state index contributed by atoms with van der Waals surface area (Å²) >= 11 is 0. The third-order valence-electron chi connectivity index (χ3n) is 5.56. The SMILES string of the molecule is CCCCCCn1c(O)c(C(=O)c2oc3cc(C)ccc3c2C)c(C)c(C#N)c1=O. The van der Waals surface area contributed by atoms with Crippen LogP contribution in [0, 0.1) is 32.1 Å². The van der Waals surface area contributed by atoms with Crippen molar-refractivity contribution < 1.29 is 14.3 Å². The molecular formula is C24H26N2O4. The molecule has 2 heterocycles. The van der Waals surface area contributed by atoms with Gasteiger partial charge in [-0.15, -0.1) is 0 Å². The quantitative estimate of drug-likeness (QED) is 0.444. The number of unbranched alkanes of at least 4 members (excludes halogenated alkanes) is 3. The van der Waals surface area contributed by atoms with Crippen molar-refractivity contribution in [1.82, 2.24) is 4.57 Å². The lowest BCUT2D eigenvalue weighted by molar-refractivity contribution is 0.100. The van der Waals surface area contributed by atoms with Crippen LogP contribution in [0.5, 0.6) is 5.88 Å². The second-order valence-electron chi connectivity index (χ2n) is 7.71. The number of aryl methyl sites for hydroxylation is 2. The molecule has 0 radical (unpaired) electrons. The Morgan fingerprint density at radius 1 is 1.17 bits per heavy atom. The van der Waals surface area contributed by atoms with E-state index < -0.39 is 17.2 Å². The number of fused-ring (bicyclic) bond motifs is 1. The largest absolute Gasteiger partial charge is 0.494 e. The summed E-state index contributed by atoms with van der Waals surface area (Å²) in [6.07, 6.45) is 3.61. The maximum atomic E-state index is 13.4. The number of carbonyl (C=O) groups is 1. The number of hydrogen-bond donors (Lipinski definition) is 1. The zero-order valence-corrected chi connectivity index (χ0v) is 17.8. The number of aromatic hydroxyl groups is 1. The fourth-order valence-corrected chi connectivity index (χ4v) is 3.79. The van der Waals surface area contributed by atoms with Crippen LogP contribution in [0.4, 0.5) is 0 Å². The number of hydrogen-bond acceptors (Lipinski definition) is 5. The molecule has 0 spiro atoms. The van der Waals surface area contributed by atoms with Gasteiger partial charge < -0.3 is 9.52 Å². The summed E-state index contributed by atoms with van der Waals surface area (Å²) < 4.78 is 6.97. The van der Waals surface area contributed by atoms with Crippen LogP contribution < -0.4 is 5.56 Å². The zero-order chi connectivity index (χ0) is 22.0. The molecule has 3 rings (SSSR count). The molecule has 0 fully saturated rings. The number of ketones is 1. The smallest absolute Gasteiger partial charge is 0.271 e. The van der Waals surface area contributed by atoms with E-state index in [1.807, 2.05) is 31.2 Å². The Bertz CT molecular complexity index is 1220. The van der Waals surface area contributed by atoms with Gasteiger partial charge in [-0.1, -0.05) is 38.3 Å². The number of carbonyl (C=O) groups excluding carboxylic acids is 1. The van der Waals surface area contributed by atoms with E-state index in [1.54, 1.807) is 6.92 Å². The van der Waals surface area contributed by atoms with E-state index >= 15 is 0 Å². The van der Waals surface area contributed by atoms with Gasteiger partial charge in [-0.3, -0.25) is 14.2 Å². The third-order valence-corrected chi connectivity index (χ3v) is 5.56. The van der Waals surface area contributed by atoms with Crippen molar-refractivity contribution in [3.05, 3.63) is 62.1 Å². The lowest BCUT2D eigenvalue weighted by Crippen LogP contribution is -2.27. The number of rotatable bonds is 7. The molecule has 0 unspecified atom stereocenters. The fraction of sp³-hybridized carbons (Fsp3) is 0.375. The maximum absolute atomic E-state index is 13.4. The van der Waals surface area contributed by atoms with Crippen molar-refractivity contribution in [3.8, 4) is 11.9 Å². The molecule has 0 saturated heterocycles. The zero-order valence-electron chi connectivity index (χ0n) is 17.8. The molecule has 0 saturated carbocycles.